The highest BCUT2D eigenvalue weighted by molar-refractivity contribution is 8.02. The molecule has 0 unspecified atom stereocenters. The predicted octanol–water partition coefficient (Wildman–Crippen LogP) is 4.90. The molecule has 0 spiro atoms. The third-order valence-electron chi connectivity index (χ3n) is 4.23. The molecule has 0 saturated heterocycles. The van der Waals surface area contributed by atoms with Crippen LogP contribution < -0.4 is 10.6 Å². The fourth-order valence-electron chi connectivity index (χ4n) is 2.62. The summed E-state index contributed by atoms with van der Waals surface area (Å²) in [6.07, 6.45) is 2.39. The normalized spacial score (nSPS) is 14.6. The Hall–Kier alpha value is -2.38. The predicted molar refractivity (Wildman–Crippen MR) is 112 cm³/mol. The molecule has 1 saturated carbocycles. The van der Waals surface area contributed by atoms with E-state index in [-0.39, 0.29) is 11.2 Å². The summed E-state index contributed by atoms with van der Waals surface area (Å²) >= 11 is 2.94. The second kappa shape index (κ2) is 8.10. The van der Waals surface area contributed by atoms with Crippen molar-refractivity contribution in [2.45, 2.75) is 35.4 Å². The lowest BCUT2D eigenvalue weighted by Gasteiger charge is -2.14. The molecule has 1 amide bonds. The number of hydrogen-bond acceptors (Lipinski definition) is 6. The van der Waals surface area contributed by atoms with Crippen LogP contribution in [0.25, 0.3) is 11.1 Å². The molecule has 1 aliphatic carbocycles. The first-order valence-corrected chi connectivity index (χ1v) is 10.6. The number of benzene rings is 2. The fourth-order valence-corrected chi connectivity index (χ4v) is 4.59. The van der Waals surface area contributed by atoms with Crippen molar-refractivity contribution in [3.8, 4) is 11.1 Å². The van der Waals surface area contributed by atoms with E-state index < -0.39 is 0 Å². The second-order valence-corrected chi connectivity index (χ2v) is 9.02. The Bertz CT molecular complexity index is 924. The molecule has 0 radical (unpaired) electrons. The van der Waals surface area contributed by atoms with E-state index in [0.717, 1.165) is 26.3 Å². The molecule has 2 aromatic carbocycles. The first-order chi connectivity index (χ1) is 13.2. The Kier molecular flexibility index (Phi) is 5.40. The molecular weight excluding hydrogens is 376 g/mol. The van der Waals surface area contributed by atoms with Crippen LogP contribution in [-0.4, -0.2) is 27.4 Å². The van der Waals surface area contributed by atoms with Crippen molar-refractivity contribution in [1.82, 2.24) is 10.2 Å². The van der Waals surface area contributed by atoms with E-state index in [4.69, 9.17) is 0 Å². The van der Waals surface area contributed by atoms with Gasteiger partial charge in [0.15, 0.2) is 4.34 Å². The molecule has 7 heteroatoms. The highest BCUT2D eigenvalue weighted by atomic mass is 32.2. The number of carbonyl (C=O) groups excluding carboxylic acids is 1. The van der Waals surface area contributed by atoms with Crippen LogP contribution in [0, 0.1) is 0 Å². The van der Waals surface area contributed by atoms with Gasteiger partial charge in [0.05, 0.1) is 5.25 Å². The van der Waals surface area contributed by atoms with Gasteiger partial charge in [0.25, 0.3) is 0 Å². The quantitative estimate of drug-likeness (QED) is 0.556. The standard InChI is InChI=1S/C20H20N4OS2/c1-13(26-20-24-23-19(27-20)21-15-11-12-15)18(25)22-17-10-6-5-9-16(17)14-7-3-2-4-8-14/h2-10,13,15H,11-12H2,1H3,(H,21,23)(H,22,25)/t13-/m0/s1. The van der Waals surface area contributed by atoms with E-state index in [1.165, 1.54) is 35.9 Å². The van der Waals surface area contributed by atoms with E-state index in [2.05, 4.69) is 20.8 Å². The minimum Gasteiger partial charge on any atom is -0.357 e. The highest BCUT2D eigenvalue weighted by Crippen LogP contribution is 2.33. The molecule has 5 nitrogen and oxygen atoms in total. The highest BCUT2D eigenvalue weighted by Gasteiger charge is 2.23. The lowest BCUT2D eigenvalue weighted by Crippen LogP contribution is -2.22. The summed E-state index contributed by atoms with van der Waals surface area (Å²) in [4.78, 5) is 12.7. The Labute approximate surface area is 166 Å². The monoisotopic (exact) mass is 396 g/mol. The molecule has 4 rings (SSSR count). The van der Waals surface area contributed by atoms with Gasteiger partial charge in [-0.05, 0) is 31.4 Å². The molecule has 1 aromatic heterocycles. The summed E-state index contributed by atoms with van der Waals surface area (Å²) in [6.45, 7) is 1.89. The summed E-state index contributed by atoms with van der Waals surface area (Å²) in [5.74, 6) is -0.0460. The average molecular weight is 397 g/mol. The van der Waals surface area contributed by atoms with Crippen molar-refractivity contribution in [2.75, 3.05) is 10.6 Å². The first kappa shape index (κ1) is 18.0. The summed E-state index contributed by atoms with van der Waals surface area (Å²) in [6, 6.07) is 18.5. The van der Waals surface area contributed by atoms with Gasteiger partial charge in [-0.2, -0.15) is 0 Å². The molecule has 1 heterocycles. The Morgan fingerprint density at radius 1 is 1.11 bits per heavy atom. The summed E-state index contributed by atoms with van der Waals surface area (Å²) in [5.41, 5.74) is 2.90. The molecule has 0 aliphatic heterocycles. The Morgan fingerprint density at radius 3 is 2.63 bits per heavy atom. The third kappa shape index (κ3) is 4.67. The van der Waals surface area contributed by atoms with Crippen molar-refractivity contribution in [3.63, 3.8) is 0 Å². The van der Waals surface area contributed by atoms with E-state index in [9.17, 15) is 4.79 Å². The average Bonchev–Trinajstić information content (AvgIpc) is 3.40. The largest absolute Gasteiger partial charge is 0.357 e. The van der Waals surface area contributed by atoms with Crippen molar-refractivity contribution < 1.29 is 4.79 Å². The number of carbonyl (C=O) groups is 1. The molecule has 1 aliphatic rings. The molecule has 0 bridgehead atoms. The fraction of sp³-hybridized carbons (Fsp3) is 0.250. The van der Waals surface area contributed by atoms with E-state index in [1.807, 2.05) is 61.5 Å². The Balaban J connectivity index is 1.42. The van der Waals surface area contributed by atoms with E-state index in [0.29, 0.717) is 6.04 Å². The lowest BCUT2D eigenvalue weighted by molar-refractivity contribution is -0.115. The number of para-hydroxylation sites is 1. The topological polar surface area (TPSA) is 66.9 Å². The van der Waals surface area contributed by atoms with Crippen LogP contribution in [0.15, 0.2) is 58.9 Å². The number of rotatable bonds is 7. The number of anilines is 2. The van der Waals surface area contributed by atoms with Crippen LogP contribution in [0.1, 0.15) is 19.8 Å². The van der Waals surface area contributed by atoms with Gasteiger partial charge >= 0.3 is 0 Å². The smallest absolute Gasteiger partial charge is 0.237 e. The zero-order chi connectivity index (χ0) is 18.6. The number of nitrogens with zero attached hydrogens (tertiary/aromatic N) is 2. The molecular formula is C20H20N4OS2. The van der Waals surface area contributed by atoms with Gasteiger partial charge < -0.3 is 10.6 Å². The van der Waals surface area contributed by atoms with E-state index >= 15 is 0 Å². The van der Waals surface area contributed by atoms with Crippen molar-refractivity contribution in [1.29, 1.82) is 0 Å². The third-order valence-corrected chi connectivity index (χ3v) is 6.27. The number of thioether (sulfide) groups is 1. The maximum Gasteiger partial charge on any atom is 0.237 e. The van der Waals surface area contributed by atoms with Gasteiger partial charge in [0.1, 0.15) is 0 Å². The summed E-state index contributed by atoms with van der Waals surface area (Å²) < 4.78 is 0.803. The van der Waals surface area contributed by atoms with Gasteiger partial charge in [-0.25, -0.2) is 0 Å². The van der Waals surface area contributed by atoms with Gasteiger partial charge in [-0.1, -0.05) is 71.6 Å². The van der Waals surface area contributed by atoms with Crippen LogP contribution in [0.2, 0.25) is 0 Å². The minimum absolute atomic E-state index is 0.0460. The molecule has 138 valence electrons. The van der Waals surface area contributed by atoms with Gasteiger partial charge in [0, 0.05) is 17.3 Å². The van der Waals surface area contributed by atoms with Crippen LogP contribution in [-0.2, 0) is 4.79 Å². The number of aromatic nitrogens is 2. The second-order valence-electron chi connectivity index (χ2n) is 6.45. The van der Waals surface area contributed by atoms with Gasteiger partial charge in [-0.15, -0.1) is 10.2 Å². The van der Waals surface area contributed by atoms with Crippen LogP contribution in [0.3, 0.4) is 0 Å². The zero-order valence-corrected chi connectivity index (χ0v) is 16.5. The molecule has 1 fully saturated rings. The molecule has 27 heavy (non-hydrogen) atoms. The minimum atomic E-state index is -0.268. The lowest BCUT2D eigenvalue weighted by atomic mass is 10.0. The van der Waals surface area contributed by atoms with E-state index in [1.54, 1.807) is 0 Å². The molecule has 1 atom stereocenters. The molecule has 3 aromatic rings. The SMILES string of the molecule is C[C@H](Sc1nnc(NC2CC2)s1)C(=O)Nc1ccccc1-c1ccccc1. The van der Waals surface area contributed by atoms with Crippen molar-refractivity contribution in [3.05, 3.63) is 54.6 Å². The first-order valence-electron chi connectivity index (χ1n) is 8.91. The molecule has 2 N–H and O–H groups in total. The van der Waals surface area contributed by atoms with Crippen molar-refractivity contribution >= 4 is 39.8 Å². The van der Waals surface area contributed by atoms with Crippen LogP contribution in [0.5, 0.6) is 0 Å². The Morgan fingerprint density at radius 2 is 1.85 bits per heavy atom. The van der Waals surface area contributed by atoms with Crippen molar-refractivity contribution in [2.24, 2.45) is 0 Å². The van der Waals surface area contributed by atoms with Crippen LogP contribution >= 0.6 is 23.1 Å². The number of hydrogen-bond donors (Lipinski definition) is 2. The number of nitrogens with one attached hydrogen (secondary N) is 2. The van der Waals surface area contributed by atoms with Crippen LogP contribution in [0.4, 0.5) is 10.8 Å². The summed E-state index contributed by atoms with van der Waals surface area (Å²) in [7, 11) is 0. The van der Waals surface area contributed by atoms with Gasteiger partial charge in [0.2, 0.25) is 11.0 Å². The van der Waals surface area contributed by atoms with Gasteiger partial charge in [-0.3, -0.25) is 4.79 Å². The maximum atomic E-state index is 12.7. The number of amides is 1. The maximum absolute atomic E-state index is 12.7. The summed E-state index contributed by atoms with van der Waals surface area (Å²) in [5, 5.41) is 15.3. The zero-order valence-electron chi connectivity index (χ0n) is 14.9.